The minimum Gasteiger partial charge on any atom is -0.341 e. The molecule has 2 N–H and O–H groups in total. The van der Waals surface area contributed by atoms with Gasteiger partial charge in [0.15, 0.2) is 0 Å². The van der Waals surface area contributed by atoms with E-state index in [1.165, 1.54) is 4.68 Å². The Morgan fingerprint density at radius 3 is 2.94 bits per heavy atom. The van der Waals surface area contributed by atoms with E-state index in [0.29, 0.717) is 17.6 Å². The van der Waals surface area contributed by atoms with Gasteiger partial charge in [-0.3, -0.25) is 9.78 Å². The number of hydrogen-bond donors (Lipinski definition) is 1. The molecule has 1 saturated heterocycles. The molecule has 0 aliphatic carbocycles. The van der Waals surface area contributed by atoms with Gasteiger partial charge in [-0.25, -0.2) is 9.67 Å². The van der Waals surface area contributed by atoms with Crippen LogP contribution in [0.15, 0.2) is 59.7 Å². The number of rotatable bonds is 5. The fourth-order valence-corrected chi connectivity index (χ4v) is 4.49. The molecule has 0 radical (unpaired) electrons. The van der Waals surface area contributed by atoms with E-state index in [1.807, 2.05) is 41.8 Å². The van der Waals surface area contributed by atoms with E-state index in [4.69, 9.17) is 10.7 Å². The van der Waals surface area contributed by atoms with Gasteiger partial charge in [0.2, 0.25) is 5.95 Å². The Labute approximate surface area is 186 Å². The van der Waals surface area contributed by atoms with Crippen molar-refractivity contribution in [3.05, 3.63) is 70.9 Å². The minimum atomic E-state index is -0.182. The lowest BCUT2D eigenvalue weighted by molar-refractivity contribution is 0.495. The first-order valence-corrected chi connectivity index (χ1v) is 10.9. The van der Waals surface area contributed by atoms with Gasteiger partial charge < -0.3 is 15.2 Å². The van der Waals surface area contributed by atoms with Crippen molar-refractivity contribution in [3.63, 3.8) is 0 Å². The lowest BCUT2D eigenvalue weighted by atomic mass is 10.1. The summed E-state index contributed by atoms with van der Waals surface area (Å²) >= 11 is 0. The van der Waals surface area contributed by atoms with Crippen LogP contribution in [-0.2, 0) is 13.1 Å². The Bertz CT molecular complexity index is 1360. The SMILES string of the molecule is C=C(C)Cn1c(N2CCCC(N)C2)nc2cnn(Cc3nccc4ccccc34)c(=O)c21. The summed E-state index contributed by atoms with van der Waals surface area (Å²) in [6, 6.07) is 10.1. The molecule has 1 unspecified atom stereocenters. The van der Waals surface area contributed by atoms with Gasteiger partial charge in [-0.2, -0.15) is 5.10 Å². The second-order valence-corrected chi connectivity index (χ2v) is 8.62. The van der Waals surface area contributed by atoms with Crippen molar-refractivity contribution in [1.29, 1.82) is 0 Å². The van der Waals surface area contributed by atoms with Crippen molar-refractivity contribution < 1.29 is 0 Å². The summed E-state index contributed by atoms with van der Waals surface area (Å²) in [5.41, 5.74) is 8.92. The Kier molecular flexibility index (Phi) is 5.22. The molecular formula is C24H27N7O. The maximum absolute atomic E-state index is 13.6. The van der Waals surface area contributed by atoms with E-state index in [-0.39, 0.29) is 18.1 Å². The lowest BCUT2D eigenvalue weighted by Gasteiger charge is -2.32. The fraction of sp³-hybridized carbons (Fsp3) is 0.333. The first-order chi connectivity index (χ1) is 15.5. The molecule has 164 valence electrons. The molecule has 4 aromatic rings. The third kappa shape index (κ3) is 3.67. The largest absolute Gasteiger partial charge is 0.341 e. The molecule has 1 aliphatic heterocycles. The van der Waals surface area contributed by atoms with Crippen LogP contribution < -0.4 is 16.2 Å². The number of piperidine rings is 1. The Balaban J connectivity index is 1.62. The molecule has 0 saturated carbocycles. The molecule has 0 amide bonds. The Morgan fingerprint density at radius 1 is 1.28 bits per heavy atom. The molecule has 4 heterocycles. The number of benzene rings is 1. The summed E-state index contributed by atoms with van der Waals surface area (Å²) in [5, 5.41) is 6.53. The van der Waals surface area contributed by atoms with Gasteiger partial charge in [-0.05, 0) is 31.2 Å². The zero-order valence-corrected chi connectivity index (χ0v) is 18.2. The van der Waals surface area contributed by atoms with E-state index in [0.717, 1.165) is 53.9 Å². The van der Waals surface area contributed by atoms with Crippen LogP contribution in [0, 0.1) is 0 Å². The number of pyridine rings is 1. The highest BCUT2D eigenvalue weighted by atomic mass is 16.1. The number of fused-ring (bicyclic) bond motifs is 2. The molecule has 1 aromatic carbocycles. The van der Waals surface area contributed by atoms with Gasteiger partial charge in [0.05, 0.1) is 18.4 Å². The molecule has 1 atom stereocenters. The Hall–Kier alpha value is -3.52. The third-order valence-electron chi connectivity index (χ3n) is 5.96. The Morgan fingerprint density at radius 2 is 2.12 bits per heavy atom. The van der Waals surface area contributed by atoms with Gasteiger partial charge in [0.25, 0.3) is 5.56 Å². The standard InChI is InChI=1S/C24H27N7O/c1-16(2)13-30-22-20(28-24(30)29-11-5-7-18(25)14-29)12-27-31(23(22)32)15-21-19-8-4-3-6-17(19)9-10-26-21/h3-4,6,8-10,12,18H,1,5,7,11,13-15,25H2,2H3. The van der Waals surface area contributed by atoms with Crippen molar-refractivity contribution in [2.24, 2.45) is 5.73 Å². The zero-order valence-electron chi connectivity index (χ0n) is 18.2. The van der Waals surface area contributed by atoms with Gasteiger partial charge in [-0.1, -0.05) is 36.4 Å². The first kappa shape index (κ1) is 20.4. The van der Waals surface area contributed by atoms with Crippen LogP contribution in [0.5, 0.6) is 0 Å². The van der Waals surface area contributed by atoms with Crippen molar-refractivity contribution in [2.75, 3.05) is 18.0 Å². The monoisotopic (exact) mass is 429 g/mol. The van der Waals surface area contributed by atoms with Crippen molar-refractivity contribution >= 4 is 27.8 Å². The molecule has 1 aliphatic rings. The van der Waals surface area contributed by atoms with E-state index in [9.17, 15) is 4.79 Å². The van der Waals surface area contributed by atoms with Gasteiger partial charge in [-0.15, -0.1) is 0 Å². The molecule has 3 aromatic heterocycles. The van der Waals surface area contributed by atoms with Crippen LogP contribution in [0.3, 0.4) is 0 Å². The highest BCUT2D eigenvalue weighted by molar-refractivity contribution is 5.84. The summed E-state index contributed by atoms with van der Waals surface area (Å²) in [6.45, 7) is 8.42. The average molecular weight is 430 g/mol. The van der Waals surface area contributed by atoms with Crippen LogP contribution in [0.2, 0.25) is 0 Å². The number of nitrogens with two attached hydrogens (primary N) is 1. The van der Waals surface area contributed by atoms with Crippen molar-refractivity contribution in [2.45, 2.75) is 38.9 Å². The third-order valence-corrected chi connectivity index (χ3v) is 5.96. The molecule has 1 fully saturated rings. The van der Waals surface area contributed by atoms with Gasteiger partial charge in [0.1, 0.15) is 11.0 Å². The summed E-state index contributed by atoms with van der Waals surface area (Å²) in [5.74, 6) is 0.762. The lowest BCUT2D eigenvalue weighted by Crippen LogP contribution is -2.44. The molecular weight excluding hydrogens is 402 g/mol. The van der Waals surface area contributed by atoms with Crippen molar-refractivity contribution in [1.82, 2.24) is 24.3 Å². The number of aromatic nitrogens is 5. The van der Waals surface area contributed by atoms with Gasteiger partial charge in [0, 0.05) is 37.3 Å². The number of imidazole rings is 1. The van der Waals surface area contributed by atoms with E-state index in [2.05, 4.69) is 21.6 Å². The van der Waals surface area contributed by atoms with Crippen LogP contribution in [0.25, 0.3) is 21.8 Å². The predicted octanol–water partition coefficient (Wildman–Crippen LogP) is 2.69. The average Bonchev–Trinajstić information content (AvgIpc) is 3.14. The smallest absolute Gasteiger partial charge is 0.293 e. The van der Waals surface area contributed by atoms with Crippen LogP contribution in [0.1, 0.15) is 25.5 Å². The molecule has 5 rings (SSSR count). The topological polar surface area (TPSA) is 94.9 Å². The second kappa shape index (κ2) is 8.20. The highest BCUT2D eigenvalue weighted by Gasteiger charge is 2.24. The molecule has 32 heavy (non-hydrogen) atoms. The van der Waals surface area contributed by atoms with Crippen LogP contribution in [-0.4, -0.2) is 43.4 Å². The first-order valence-electron chi connectivity index (χ1n) is 10.9. The number of nitrogens with zero attached hydrogens (tertiary/aromatic N) is 6. The summed E-state index contributed by atoms with van der Waals surface area (Å²) in [6.07, 6.45) is 5.45. The van der Waals surface area contributed by atoms with E-state index < -0.39 is 0 Å². The van der Waals surface area contributed by atoms with E-state index in [1.54, 1.807) is 12.4 Å². The van der Waals surface area contributed by atoms with Gasteiger partial charge >= 0.3 is 0 Å². The number of allylic oxidation sites excluding steroid dienone is 1. The zero-order chi connectivity index (χ0) is 22.2. The quantitative estimate of drug-likeness (QED) is 0.490. The predicted molar refractivity (Wildman–Crippen MR) is 127 cm³/mol. The summed E-state index contributed by atoms with van der Waals surface area (Å²) < 4.78 is 3.44. The van der Waals surface area contributed by atoms with Crippen LogP contribution >= 0.6 is 0 Å². The minimum absolute atomic E-state index is 0.106. The maximum atomic E-state index is 13.6. The molecule has 8 heteroatoms. The summed E-state index contributed by atoms with van der Waals surface area (Å²) in [7, 11) is 0. The second-order valence-electron chi connectivity index (χ2n) is 8.62. The molecule has 0 spiro atoms. The van der Waals surface area contributed by atoms with Crippen LogP contribution in [0.4, 0.5) is 5.95 Å². The van der Waals surface area contributed by atoms with Crippen molar-refractivity contribution in [3.8, 4) is 0 Å². The summed E-state index contributed by atoms with van der Waals surface area (Å²) in [4.78, 5) is 25.1. The fourth-order valence-electron chi connectivity index (χ4n) is 4.49. The molecule has 8 nitrogen and oxygen atoms in total. The number of hydrogen-bond acceptors (Lipinski definition) is 6. The normalized spacial score (nSPS) is 16.7. The van der Waals surface area contributed by atoms with E-state index >= 15 is 0 Å². The maximum Gasteiger partial charge on any atom is 0.293 e. The molecule has 0 bridgehead atoms. The highest BCUT2D eigenvalue weighted by Crippen LogP contribution is 2.24. The number of anilines is 1.